The zero-order chi connectivity index (χ0) is 16.4. The molecule has 1 rings (SSSR count). The standard InChI is InChI=1S/C10H6F6NO4/c11-9(12,13)7(10(14,15)16)8(18)21-6-3-1-5(2-4-6)17(19)20/h1-4,7,19H/q-1. The van der Waals surface area contributed by atoms with Gasteiger partial charge in [0.15, 0.2) is 0 Å². The molecule has 0 spiro atoms. The number of alkyl halides is 6. The predicted molar refractivity (Wildman–Crippen MR) is 55.3 cm³/mol. The third kappa shape index (κ3) is 4.49. The van der Waals surface area contributed by atoms with Crippen molar-refractivity contribution in [1.29, 1.82) is 0 Å². The van der Waals surface area contributed by atoms with Crippen LogP contribution in [-0.4, -0.2) is 23.5 Å². The molecule has 118 valence electrons. The molecule has 0 radical (unpaired) electrons. The molecule has 0 saturated carbocycles. The quantitative estimate of drug-likeness (QED) is 0.401. The number of carbonyl (C=O) groups excluding carboxylic acids is 1. The van der Waals surface area contributed by atoms with Crippen molar-refractivity contribution in [2.24, 2.45) is 5.92 Å². The molecule has 21 heavy (non-hydrogen) atoms. The normalized spacial score (nSPS) is 12.4. The highest BCUT2D eigenvalue weighted by molar-refractivity contribution is 5.77. The highest BCUT2D eigenvalue weighted by Crippen LogP contribution is 2.40. The number of benzene rings is 1. The van der Waals surface area contributed by atoms with Gasteiger partial charge in [0.2, 0.25) is 5.92 Å². The van der Waals surface area contributed by atoms with Crippen LogP contribution < -0.4 is 9.96 Å². The Bertz CT molecular complexity index is 482. The smallest absolute Gasteiger partial charge is 0.411 e. The molecule has 1 aromatic carbocycles. The summed E-state index contributed by atoms with van der Waals surface area (Å²) in [5.74, 6) is -7.48. The number of rotatable bonds is 3. The first kappa shape index (κ1) is 17.0. The van der Waals surface area contributed by atoms with Crippen LogP contribution in [0.2, 0.25) is 0 Å². The highest BCUT2D eigenvalue weighted by Gasteiger charge is 2.62. The van der Waals surface area contributed by atoms with Crippen LogP contribution in [0, 0.1) is 11.1 Å². The van der Waals surface area contributed by atoms with Crippen LogP contribution in [0.1, 0.15) is 0 Å². The number of esters is 1. The molecular weight excluding hydrogens is 312 g/mol. The van der Waals surface area contributed by atoms with Crippen molar-refractivity contribution in [1.82, 2.24) is 0 Å². The van der Waals surface area contributed by atoms with Gasteiger partial charge in [-0.15, -0.1) is 0 Å². The van der Waals surface area contributed by atoms with Crippen molar-refractivity contribution >= 4 is 11.7 Å². The summed E-state index contributed by atoms with van der Waals surface area (Å²) in [5, 5.41) is 18.3. The Hall–Kier alpha value is -2.01. The van der Waals surface area contributed by atoms with Crippen LogP contribution in [0.3, 0.4) is 0 Å². The van der Waals surface area contributed by atoms with Crippen LogP contribution in [0.4, 0.5) is 32.0 Å². The van der Waals surface area contributed by atoms with E-state index in [1.807, 2.05) is 0 Å². The molecule has 5 nitrogen and oxygen atoms in total. The Kier molecular flexibility index (Phi) is 4.69. The number of anilines is 1. The van der Waals surface area contributed by atoms with Crippen molar-refractivity contribution in [3.05, 3.63) is 29.5 Å². The van der Waals surface area contributed by atoms with E-state index in [0.717, 1.165) is 24.3 Å². The molecule has 0 aliphatic heterocycles. The molecule has 0 aliphatic carbocycles. The molecule has 0 heterocycles. The summed E-state index contributed by atoms with van der Waals surface area (Å²) in [5.41, 5.74) is -0.363. The van der Waals surface area contributed by atoms with Crippen molar-refractivity contribution in [3.8, 4) is 5.75 Å². The number of hydrogen-bond acceptors (Lipinski definition) is 5. The van der Waals surface area contributed by atoms with E-state index in [2.05, 4.69) is 4.74 Å². The van der Waals surface area contributed by atoms with Gasteiger partial charge in [-0.3, -0.25) is 10.0 Å². The van der Waals surface area contributed by atoms with Crippen molar-refractivity contribution in [2.45, 2.75) is 12.4 Å². The fraction of sp³-hybridized carbons (Fsp3) is 0.300. The lowest BCUT2D eigenvalue weighted by Crippen LogP contribution is -2.44. The summed E-state index contributed by atoms with van der Waals surface area (Å²) < 4.78 is 77.4. The van der Waals surface area contributed by atoms with Gasteiger partial charge in [0, 0.05) is 0 Å². The first-order valence-electron chi connectivity index (χ1n) is 5.04. The second kappa shape index (κ2) is 5.77. The van der Waals surface area contributed by atoms with Gasteiger partial charge in [-0.25, -0.2) is 0 Å². The largest absolute Gasteiger partial charge is 0.733 e. The van der Waals surface area contributed by atoms with Crippen molar-refractivity contribution in [3.63, 3.8) is 0 Å². The summed E-state index contributed by atoms with van der Waals surface area (Å²) in [6.45, 7) is 0. The minimum atomic E-state index is -5.85. The Morgan fingerprint density at radius 1 is 1.10 bits per heavy atom. The number of carbonyl (C=O) groups is 1. The van der Waals surface area contributed by atoms with Gasteiger partial charge in [0.05, 0.1) is 5.69 Å². The van der Waals surface area contributed by atoms with E-state index < -0.39 is 35.2 Å². The monoisotopic (exact) mass is 318 g/mol. The average molecular weight is 318 g/mol. The maximum Gasteiger partial charge on any atom is 0.411 e. The summed E-state index contributed by atoms with van der Waals surface area (Å²) in [7, 11) is 0. The first-order valence-corrected chi connectivity index (χ1v) is 5.04. The molecule has 11 heteroatoms. The summed E-state index contributed by atoms with van der Waals surface area (Å²) in [4.78, 5) is 11.0. The Morgan fingerprint density at radius 3 is 1.86 bits per heavy atom. The molecule has 0 atom stereocenters. The van der Waals surface area contributed by atoms with Gasteiger partial charge < -0.3 is 15.2 Å². The third-order valence-electron chi connectivity index (χ3n) is 2.17. The minimum absolute atomic E-state index is 0.363. The van der Waals surface area contributed by atoms with Gasteiger partial charge >= 0.3 is 18.3 Å². The summed E-state index contributed by atoms with van der Waals surface area (Å²) in [6.07, 6.45) is -11.7. The Labute approximate surface area is 112 Å². The Morgan fingerprint density at radius 2 is 1.52 bits per heavy atom. The van der Waals surface area contributed by atoms with Gasteiger partial charge in [-0.2, -0.15) is 26.3 Å². The zero-order valence-corrected chi connectivity index (χ0v) is 9.77. The Balaban J connectivity index is 2.92. The fourth-order valence-corrected chi connectivity index (χ4v) is 1.27. The van der Waals surface area contributed by atoms with E-state index in [0.29, 0.717) is 0 Å². The molecule has 0 amide bonds. The van der Waals surface area contributed by atoms with Gasteiger partial charge in [0.1, 0.15) is 5.75 Å². The maximum absolute atomic E-state index is 12.2. The van der Waals surface area contributed by atoms with Crippen LogP contribution >= 0.6 is 0 Å². The van der Waals surface area contributed by atoms with Crippen molar-refractivity contribution in [2.75, 3.05) is 5.23 Å². The lowest BCUT2D eigenvalue weighted by atomic mass is 10.1. The summed E-state index contributed by atoms with van der Waals surface area (Å²) in [6, 6.07) is 3.15. The molecule has 0 aliphatic rings. The van der Waals surface area contributed by atoms with E-state index in [1.165, 1.54) is 0 Å². The number of hydrogen-bond donors (Lipinski definition) is 1. The van der Waals surface area contributed by atoms with Crippen LogP contribution in [0.5, 0.6) is 5.75 Å². The zero-order valence-electron chi connectivity index (χ0n) is 9.77. The SMILES string of the molecule is O=C(Oc1ccc(N([O-])O)cc1)C(C(F)(F)F)C(F)(F)F. The number of halogens is 6. The lowest BCUT2D eigenvalue weighted by Gasteiger charge is -2.22. The maximum atomic E-state index is 12.2. The van der Waals surface area contributed by atoms with Crippen LogP contribution in [-0.2, 0) is 4.79 Å². The molecule has 0 aromatic heterocycles. The number of nitrogens with zero attached hydrogens (tertiary/aromatic N) is 1. The number of ether oxygens (including phenoxy) is 1. The molecule has 0 saturated heterocycles. The molecule has 0 unspecified atom stereocenters. The van der Waals surface area contributed by atoms with E-state index in [9.17, 15) is 36.3 Å². The van der Waals surface area contributed by atoms with Crippen molar-refractivity contribution < 1.29 is 41.1 Å². The predicted octanol–water partition coefficient (Wildman–Crippen LogP) is 3.03. The molecule has 1 aromatic rings. The van der Waals surface area contributed by atoms with E-state index in [4.69, 9.17) is 5.21 Å². The first-order chi connectivity index (χ1) is 9.43. The fourth-order valence-electron chi connectivity index (χ4n) is 1.27. The third-order valence-corrected chi connectivity index (χ3v) is 2.17. The molecule has 1 N–H and O–H groups in total. The van der Waals surface area contributed by atoms with E-state index >= 15 is 0 Å². The van der Waals surface area contributed by atoms with Gasteiger partial charge in [0.25, 0.3) is 0 Å². The second-order valence-electron chi connectivity index (χ2n) is 3.70. The minimum Gasteiger partial charge on any atom is -0.733 e. The van der Waals surface area contributed by atoms with E-state index in [-0.39, 0.29) is 5.69 Å². The molecule has 0 fully saturated rings. The topological polar surface area (TPSA) is 72.8 Å². The van der Waals surface area contributed by atoms with Gasteiger partial charge in [-0.05, 0) is 24.3 Å². The molecule has 0 bridgehead atoms. The van der Waals surface area contributed by atoms with Crippen LogP contribution in [0.15, 0.2) is 24.3 Å². The lowest BCUT2D eigenvalue weighted by molar-refractivity contribution is -0.279. The van der Waals surface area contributed by atoms with Crippen LogP contribution in [0.25, 0.3) is 0 Å². The van der Waals surface area contributed by atoms with Gasteiger partial charge in [-0.1, -0.05) is 0 Å². The summed E-state index contributed by atoms with van der Waals surface area (Å²) >= 11 is 0. The molecular formula is C10H6F6NO4-. The second-order valence-corrected chi connectivity index (χ2v) is 3.70. The van der Waals surface area contributed by atoms with E-state index in [1.54, 1.807) is 0 Å². The average Bonchev–Trinajstić information content (AvgIpc) is 2.25. The highest BCUT2D eigenvalue weighted by atomic mass is 19.4.